The van der Waals surface area contributed by atoms with Crippen LogP contribution in [0.1, 0.15) is 31.7 Å². The van der Waals surface area contributed by atoms with E-state index in [4.69, 9.17) is 9.47 Å². The van der Waals surface area contributed by atoms with Gasteiger partial charge in [-0.1, -0.05) is 50.0 Å². The number of ether oxygens (including phenoxy) is 2. The van der Waals surface area contributed by atoms with Crippen molar-refractivity contribution in [3.05, 3.63) is 60.5 Å². The van der Waals surface area contributed by atoms with Gasteiger partial charge in [0.2, 0.25) is 0 Å². The van der Waals surface area contributed by atoms with Crippen LogP contribution in [0.2, 0.25) is 25.7 Å². The lowest BCUT2D eigenvalue weighted by atomic mass is 9.86. The largest absolute Gasteiger partial charge is 0.450 e. The van der Waals surface area contributed by atoms with Crippen molar-refractivity contribution in [3.8, 4) is 0 Å². The van der Waals surface area contributed by atoms with Crippen molar-refractivity contribution in [2.24, 2.45) is 0 Å². The summed E-state index contributed by atoms with van der Waals surface area (Å²) in [6, 6.07) is 7.09. The van der Waals surface area contributed by atoms with Crippen molar-refractivity contribution >= 4 is 14.2 Å². The fourth-order valence-electron chi connectivity index (χ4n) is 3.13. The Hall–Kier alpha value is -1.96. The molecule has 0 aliphatic heterocycles. The van der Waals surface area contributed by atoms with Crippen LogP contribution in [0.5, 0.6) is 0 Å². The molecule has 0 aromatic heterocycles. The van der Waals surface area contributed by atoms with Crippen LogP contribution in [0.4, 0.5) is 9.18 Å². The molecule has 174 valence electrons. The maximum Gasteiger partial charge on any atom is 0.407 e. The molecule has 0 radical (unpaired) electrons. The number of aliphatic hydroxyl groups excluding tert-OH is 1. The Morgan fingerprint density at radius 3 is 2.55 bits per heavy atom. The molecular formula is C24H38FNO4Si. The van der Waals surface area contributed by atoms with Gasteiger partial charge < -0.3 is 19.9 Å². The number of amides is 1. The quantitative estimate of drug-likeness (QED) is 0.225. The lowest BCUT2D eigenvalue weighted by Gasteiger charge is -2.33. The van der Waals surface area contributed by atoms with E-state index < -0.39 is 25.8 Å². The maximum atomic E-state index is 13.0. The first kappa shape index (κ1) is 27.1. The van der Waals surface area contributed by atoms with Gasteiger partial charge in [-0.05, 0) is 43.5 Å². The summed E-state index contributed by atoms with van der Waals surface area (Å²) in [5, 5.41) is 13.1. The van der Waals surface area contributed by atoms with Crippen LogP contribution in [0.3, 0.4) is 0 Å². The van der Waals surface area contributed by atoms with Crippen LogP contribution in [0.15, 0.2) is 49.1 Å². The molecule has 2 N–H and O–H groups in total. The first-order valence-corrected chi connectivity index (χ1v) is 14.5. The van der Waals surface area contributed by atoms with Crippen LogP contribution >= 0.6 is 0 Å². The zero-order valence-electron chi connectivity index (χ0n) is 19.3. The summed E-state index contributed by atoms with van der Waals surface area (Å²) in [6.07, 6.45) is 5.47. The first-order valence-electron chi connectivity index (χ1n) is 10.8. The van der Waals surface area contributed by atoms with E-state index >= 15 is 0 Å². The summed E-state index contributed by atoms with van der Waals surface area (Å²) >= 11 is 0. The Bertz CT molecular complexity index is 703. The number of carbonyl (C=O) groups is 1. The summed E-state index contributed by atoms with van der Waals surface area (Å²) in [6.45, 7) is 13.4. The lowest BCUT2D eigenvalue weighted by Crippen LogP contribution is -2.49. The van der Waals surface area contributed by atoms with Gasteiger partial charge >= 0.3 is 6.09 Å². The number of hydrogen-bond acceptors (Lipinski definition) is 4. The standard InChI is InChI=1S/C24H38FNO4Si/c1-6-13-24(18-22(27)7-2,26-23(28)30-16-17-31(3,4)5)14-8-15-29-19-20-9-11-21(25)12-10-20/h6-7,9-13,22,27H,2,8,14-19H2,1,3-5H3,(H,26,28)/b13-6+/t22?,24-/m0/s1. The molecule has 2 atom stereocenters. The predicted molar refractivity (Wildman–Crippen MR) is 126 cm³/mol. The second-order valence-electron chi connectivity index (χ2n) is 9.02. The van der Waals surface area contributed by atoms with Crippen molar-refractivity contribution < 1.29 is 23.8 Å². The molecule has 0 spiro atoms. The van der Waals surface area contributed by atoms with Gasteiger partial charge in [0.25, 0.3) is 0 Å². The van der Waals surface area contributed by atoms with Gasteiger partial charge in [0.15, 0.2) is 0 Å². The third-order valence-electron chi connectivity index (χ3n) is 4.86. The topological polar surface area (TPSA) is 67.8 Å². The summed E-state index contributed by atoms with van der Waals surface area (Å²) in [5.74, 6) is -0.275. The van der Waals surface area contributed by atoms with Crippen LogP contribution in [-0.4, -0.2) is 44.1 Å². The monoisotopic (exact) mass is 451 g/mol. The fourth-order valence-corrected chi connectivity index (χ4v) is 3.85. The van der Waals surface area contributed by atoms with E-state index in [0.717, 1.165) is 11.6 Å². The number of halogens is 1. The third-order valence-corrected chi connectivity index (χ3v) is 6.57. The lowest BCUT2D eigenvalue weighted by molar-refractivity contribution is 0.101. The first-order chi connectivity index (χ1) is 14.6. The highest BCUT2D eigenvalue weighted by Crippen LogP contribution is 2.23. The van der Waals surface area contributed by atoms with Crippen molar-refractivity contribution in [3.63, 3.8) is 0 Å². The Morgan fingerprint density at radius 1 is 1.29 bits per heavy atom. The van der Waals surface area contributed by atoms with Gasteiger partial charge in [-0.25, -0.2) is 9.18 Å². The van der Waals surface area contributed by atoms with Gasteiger partial charge in [-0.2, -0.15) is 0 Å². The number of benzene rings is 1. The van der Waals surface area contributed by atoms with Crippen LogP contribution in [0, 0.1) is 5.82 Å². The summed E-state index contributed by atoms with van der Waals surface area (Å²) in [4.78, 5) is 12.5. The van der Waals surface area contributed by atoms with E-state index in [1.807, 2.05) is 19.1 Å². The second-order valence-corrected chi connectivity index (χ2v) is 14.6. The minimum atomic E-state index is -1.30. The molecule has 1 rings (SSSR count). The molecule has 0 saturated carbocycles. The molecule has 1 aromatic carbocycles. The Morgan fingerprint density at radius 2 is 1.97 bits per heavy atom. The minimum absolute atomic E-state index is 0.275. The van der Waals surface area contributed by atoms with Crippen LogP contribution < -0.4 is 5.32 Å². The normalized spacial score (nSPS) is 14.8. The van der Waals surface area contributed by atoms with Gasteiger partial charge in [-0.15, -0.1) is 6.58 Å². The molecule has 0 fully saturated rings. The smallest absolute Gasteiger partial charge is 0.407 e. The van der Waals surface area contributed by atoms with E-state index in [0.29, 0.717) is 39.1 Å². The van der Waals surface area contributed by atoms with E-state index in [9.17, 15) is 14.3 Å². The van der Waals surface area contributed by atoms with Gasteiger partial charge in [0, 0.05) is 21.1 Å². The molecule has 31 heavy (non-hydrogen) atoms. The summed E-state index contributed by atoms with van der Waals surface area (Å²) in [5.41, 5.74) is 0.130. The average Bonchev–Trinajstić information content (AvgIpc) is 2.68. The molecule has 0 heterocycles. The van der Waals surface area contributed by atoms with Gasteiger partial charge in [0.1, 0.15) is 5.82 Å². The van der Waals surface area contributed by atoms with Crippen LogP contribution in [0.25, 0.3) is 0 Å². The summed E-state index contributed by atoms with van der Waals surface area (Å²) in [7, 11) is -1.30. The molecule has 1 aromatic rings. The Labute approximate surface area is 187 Å². The second kappa shape index (κ2) is 13.4. The van der Waals surface area contributed by atoms with Gasteiger partial charge in [0.05, 0.1) is 24.9 Å². The zero-order valence-corrected chi connectivity index (χ0v) is 20.3. The third kappa shape index (κ3) is 11.9. The molecule has 5 nitrogen and oxygen atoms in total. The Balaban J connectivity index is 2.66. The SMILES string of the molecule is C=CC(O)C[C@](/C=C/C)(CCCOCc1ccc(F)cc1)NC(=O)OCC[Si](C)(C)C. The maximum absolute atomic E-state index is 13.0. The number of carbonyl (C=O) groups excluding carboxylic acids is 1. The fraction of sp³-hybridized carbons (Fsp3) is 0.542. The molecule has 0 aliphatic carbocycles. The highest BCUT2D eigenvalue weighted by Gasteiger charge is 2.31. The van der Waals surface area contributed by atoms with E-state index in [-0.39, 0.29) is 5.82 Å². The van der Waals surface area contributed by atoms with E-state index in [1.165, 1.54) is 18.2 Å². The number of aliphatic hydroxyl groups is 1. The zero-order chi connectivity index (χ0) is 23.3. The minimum Gasteiger partial charge on any atom is -0.450 e. The number of alkyl carbamates (subject to hydrolysis) is 1. The molecule has 1 unspecified atom stereocenters. The van der Waals surface area contributed by atoms with Crippen molar-refractivity contribution in [2.75, 3.05) is 13.2 Å². The van der Waals surface area contributed by atoms with Crippen molar-refractivity contribution in [1.29, 1.82) is 0 Å². The summed E-state index contributed by atoms with van der Waals surface area (Å²) < 4.78 is 24.1. The Kier molecular flexibility index (Phi) is 11.7. The van der Waals surface area contributed by atoms with Crippen molar-refractivity contribution in [1.82, 2.24) is 5.32 Å². The molecule has 0 saturated heterocycles. The highest BCUT2D eigenvalue weighted by atomic mass is 28.3. The molecule has 0 aliphatic rings. The molecule has 0 bridgehead atoms. The van der Waals surface area contributed by atoms with Gasteiger partial charge in [-0.3, -0.25) is 0 Å². The number of nitrogens with one attached hydrogen (secondary N) is 1. The van der Waals surface area contributed by atoms with Crippen LogP contribution in [-0.2, 0) is 16.1 Å². The molecule has 7 heteroatoms. The number of rotatable bonds is 14. The predicted octanol–water partition coefficient (Wildman–Crippen LogP) is 5.44. The van der Waals surface area contributed by atoms with E-state index in [2.05, 4.69) is 31.5 Å². The average molecular weight is 452 g/mol. The highest BCUT2D eigenvalue weighted by molar-refractivity contribution is 6.76. The van der Waals surface area contributed by atoms with E-state index in [1.54, 1.807) is 12.1 Å². The number of hydrogen-bond donors (Lipinski definition) is 2. The number of allylic oxidation sites excluding steroid dienone is 1. The molecular weight excluding hydrogens is 413 g/mol. The molecule has 1 amide bonds. The van der Waals surface area contributed by atoms with Crippen molar-refractivity contribution in [2.45, 2.75) is 70.1 Å².